The summed E-state index contributed by atoms with van der Waals surface area (Å²) >= 11 is 1.61. The van der Waals surface area contributed by atoms with Gasteiger partial charge in [-0.1, -0.05) is 0 Å². The molecule has 1 saturated carbocycles. The van der Waals surface area contributed by atoms with Crippen LogP contribution in [0, 0.1) is 12.7 Å². The van der Waals surface area contributed by atoms with Crippen LogP contribution < -0.4 is 10.9 Å². The lowest BCUT2D eigenvalue weighted by Crippen LogP contribution is -2.26. The van der Waals surface area contributed by atoms with Gasteiger partial charge in [0.1, 0.15) is 11.4 Å². The van der Waals surface area contributed by atoms with Crippen molar-refractivity contribution in [1.82, 2.24) is 9.72 Å². The molecule has 0 spiro atoms. The van der Waals surface area contributed by atoms with E-state index in [2.05, 4.69) is 18.3 Å². The van der Waals surface area contributed by atoms with Crippen LogP contribution in [-0.4, -0.2) is 22.0 Å². The van der Waals surface area contributed by atoms with Crippen LogP contribution in [0.4, 0.5) is 4.39 Å². The minimum atomic E-state index is -1.28. The maximum Gasteiger partial charge on any atom is 0.341 e. The fourth-order valence-corrected chi connectivity index (χ4v) is 5.81. The van der Waals surface area contributed by atoms with Gasteiger partial charge in [0, 0.05) is 34.1 Å². The van der Waals surface area contributed by atoms with Gasteiger partial charge in [-0.15, -0.1) is 11.3 Å². The molecule has 2 N–H and O–H groups in total. The van der Waals surface area contributed by atoms with E-state index >= 15 is 4.39 Å². The van der Waals surface area contributed by atoms with Gasteiger partial charge in [-0.25, -0.2) is 9.18 Å². The molecule has 0 amide bonds. The van der Waals surface area contributed by atoms with E-state index in [-0.39, 0.29) is 17.5 Å². The molecular weight excluding hydrogens is 391 g/mol. The minimum Gasteiger partial charge on any atom is -0.477 e. The molecule has 1 unspecified atom stereocenters. The fourth-order valence-electron chi connectivity index (χ4n) is 4.45. The first-order valence-electron chi connectivity index (χ1n) is 9.84. The van der Waals surface area contributed by atoms with Gasteiger partial charge in [0.2, 0.25) is 0 Å². The van der Waals surface area contributed by atoms with Crippen LogP contribution in [0.1, 0.15) is 63.7 Å². The van der Waals surface area contributed by atoms with Gasteiger partial charge in [0.15, 0.2) is 0 Å². The minimum absolute atomic E-state index is 0.224. The maximum atomic E-state index is 15.3. The summed E-state index contributed by atoms with van der Waals surface area (Å²) in [7, 11) is 0. The molecule has 5 nitrogen and oxygen atoms in total. The van der Waals surface area contributed by atoms with Crippen molar-refractivity contribution in [2.75, 3.05) is 6.54 Å². The van der Waals surface area contributed by atoms with E-state index in [1.807, 2.05) is 6.92 Å². The Morgan fingerprint density at radius 1 is 1.31 bits per heavy atom. The number of aryl methyl sites for hydroxylation is 1. The standard InChI is InChI=1S/C22H21FN2O3S/c1-10-19(18-8-13-11(2)24-6-5-17(13)29-18)16(23)9-25-20(10)14(12-3-4-12)7-15(21(25)26)22(27)28/h7-9,11-12,24H,3-6H2,1-2H3,(H,27,28). The molecule has 2 aliphatic rings. The molecule has 1 fully saturated rings. The van der Waals surface area contributed by atoms with Gasteiger partial charge in [-0.2, -0.15) is 0 Å². The Kier molecular flexibility index (Phi) is 4.15. The van der Waals surface area contributed by atoms with Crippen LogP contribution in [0.5, 0.6) is 0 Å². The van der Waals surface area contributed by atoms with Crippen molar-refractivity contribution in [2.24, 2.45) is 0 Å². The third-order valence-electron chi connectivity index (χ3n) is 6.08. The molecule has 1 aliphatic heterocycles. The van der Waals surface area contributed by atoms with E-state index in [1.165, 1.54) is 27.1 Å². The molecule has 7 heteroatoms. The summed E-state index contributed by atoms with van der Waals surface area (Å²) in [6.45, 7) is 4.85. The van der Waals surface area contributed by atoms with Gasteiger partial charge < -0.3 is 10.4 Å². The molecule has 1 aliphatic carbocycles. The topological polar surface area (TPSA) is 70.8 Å². The molecule has 1 atom stereocenters. The Balaban J connectivity index is 1.81. The number of nitrogens with one attached hydrogen (secondary N) is 1. The highest BCUT2D eigenvalue weighted by Gasteiger charge is 2.31. The van der Waals surface area contributed by atoms with Crippen LogP contribution in [0.25, 0.3) is 16.0 Å². The maximum absolute atomic E-state index is 15.3. The molecule has 0 bridgehead atoms. The highest BCUT2D eigenvalue weighted by atomic mass is 32.1. The van der Waals surface area contributed by atoms with Crippen LogP contribution >= 0.6 is 11.3 Å². The molecule has 0 radical (unpaired) electrons. The molecule has 0 saturated heterocycles. The summed E-state index contributed by atoms with van der Waals surface area (Å²) in [4.78, 5) is 26.4. The molecule has 29 heavy (non-hydrogen) atoms. The van der Waals surface area contributed by atoms with Crippen molar-refractivity contribution < 1.29 is 14.3 Å². The first kappa shape index (κ1) is 18.5. The third-order valence-corrected chi connectivity index (χ3v) is 7.31. The second-order valence-electron chi connectivity index (χ2n) is 8.01. The average Bonchev–Trinajstić information content (AvgIpc) is 3.42. The fraction of sp³-hybridized carbons (Fsp3) is 0.364. The Labute approximate surface area is 170 Å². The first-order chi connectivity index (χ1) is 13.9. The number of nitrogens with zero attached hydrogens (tertiary/aromatic N) is 1. The van der Waals surface area contributed by atoms with E-state index in [0.717, 1.165) is 36.2 Å². The van der Waals surface area contributed by atoms with E-state index in [9.17, 15) is 14.7 Å². The molecule has 3 aromatic rings. The van der Waals surface area contributed by atoms with E-state index in [1.54, 1.807) is 11.3 Å². The highest BCUT2D eigenvalue weighted by Crippen LogP contribution is 2.45. The monoisotopic (exact) mass is 412 g/mol. The lowest BCUT2D eigenvalue weighted by atomic mass is 9.98. The Morgan fingerprint density at radius 2 is 2.07 bits per heavy atom. The number of hydrogen-bond donors (Lipinski definition) is 2. The van der Waals surface area contributed by atoms with Gasteiger partial charge in [-0.05, 0) is 67.9 Å². The van der Waals surface area contributed by atoms with E-state index in [0.29, 0.717) is 16.6 Å². The summed E-state index contributed by atoms with van der Waals surface area (Å²) in [5.74, 6) is -1.55. The summed E-state index contributed by atoms with van der Waals surface area (Å²) in [5.41, 5.74) is 2.90. The van der Waals surface area contributed by atoms with Crippen LogP contribution in [0.3, 0.4) is 0 Å². The van der Waals surface area contributed by atoms with Crippen molar-refractivity contribution >= 4 is 22.8 Å². The smallest absolute Gasteiger partial charge is 0.341 e. The summed E-state index contributed by atoms with van der Waals surface area (Å²) in [5, 5.41) is 12.9. The molecule has 150 valence electrons. The van der Waals surface area contributed by atoms with Gasteiger partial charge in [0.25, 0.3) is 5.56 Å². The summed E-state index contributed by atoms with van der Waals surface area (Å²) < 4.78 is 16.5. The van der Waals surface area contributed by atoms with E-state index in [4.69, 9.17) is 0 Å². The van der Waals surface area contributed by atoms with Crippen molar-refractivity contribution in [2.45, 2.75) is 45.1 Å². The van der Waals surface area contributed by atoms with Crippen molar-refractivity contribution in [3.05, 3.63) is 61.6 Å². The van der Waals surface area contributed by atoms with Crippen LogP contribution in [0.2, 0.25) is 0 Å². The number of carboxylic acid groups (broad SMARTS) is 1. The van der Waals surface area contributed by atoms with Crippen LogP contribution in [-0.2, 0) is 6.42 Å². The summed E-state index contributed by atoms with van der Waals surface area (Å²) in [6, 6.07) is 3.78. The SMILES string of the molecule is Cc1c(-c2cc3c(s2)CCNC3C)c(F)cn2c(=O)c(C(=O)O)cc(C3CC3)c12. The zero-order valence-electron chi connectivity index (χ0n) is 16.2. The largest absolute Gasteiger partial charge is 0.477 e. The normalized spacial score (nSPS) is 18.8. The third kappa shape index (κ3) is 2.83. The number of halogens is 1. The number of carboxylic acids is 1. The number of fused-ring (bicyclic) bond motifs is 2. The number of rotatable bonds is 3. The quantitative estimate of drug-likeness (QED) is 0.674. The Morgan fingerprint density at radius 3 is 2.72 bits per heavy atom. The second-order valence-corrected chi connectivity index (χ2v) is 9.15. The Bertz CT molecular complexity index is 1240. The number of aromatic nitrogens is 1. The predicted octanol–water partition coefficient (Wildman–Crippen LogP) is 4.26. The van der Waals surface area contributed by atoms with Gasteiger partial charge in [0.05, 0.1) is 5.52 Å². The lowest BCUT2D eigenvalue weighted by molar-refractivity contribution is 0.0694. The van der Waals surface area contributed by atoms with Crippen molar-refractivity contribution in [1.29, 1.82) is 0 Å². The number of pyridine rings is 2. The highest BCUT2D eigenvalue weighted by molar-refractivity contribution is 7.15. The molecule has 3 aromatic heterocycles. The van der Waals surface area contributed by atoms with Gasteiger partial charge >= 0.3 is 5.97 Å². The van der Waals surface area contributed by atoms with E-state index < -0.39 is 17.3 Å². The number of aromatic carboxylic acids is 1. The molecule has 5 rings (SSSR count). The molecular formula is C22H21FN2O3S. The number of hydrogen-bond acceptors (Lipinski definition) is 4. The van der Waals surface area contributed by atoms with Crippen molar-refractivity contribution in [3.8, 4) is 10.4 Å². The number of carbonyl (C=O) groups is 1. The summed E-state index contributed by atoms with van der Waals surface area (Å²) in [6.07, 6.45) is 4.00. The van der Waals surface area contributed by atoms with Crippen molar-refractivity contribution in [3.63, 3.8) is 0 Å². The second kappa shape index (κ2) is 6.50. The lowest BCUT2D eigenvalue weighted by Gasteiger charge is -2.19. The molecule has 4 heterocycles. The number of thiophene rings is 1. The van der Waals surface area contributed by atoms with Crippen LogP contribution in [0.15, 0.2) is 23.1 Å². The Hall–Kier alpha value is -2.51. The zero-order valence-corrected chi connectivity index (χ0v) is 17.0. The first-order valence-corrected chi connectivity index (χ1v) is 10.7. The average molecular weight is 412 g/mol. The predicted molar refractivity (Wildman–Crippen MR) is 111 cm³/mol. The molecule has 0 aromatic carbocycles. The van der Waals surface area contributed by atoms with Gasteiger partial charge in [-0.3, -0.25) is 9.20 Å². The zero-order chi connectivity index (χ0) is 20.4.